The summed E-state index contributed by atoms with van der Waals surface area (Å²) < 4.78 is 7.24. The Morgan fingerprint density at radius 2 is 2.31 bits per heavy atom. The minimum Gasteiger partial charge on any atom is -0.490 e. The van der Waals surface area contributed by atoms with Crippen molar-refractivity contribution in [3.63, 3.8) is 0 Å². The van der Waals surface area contributed by atoms with Crippen LogP contribution < -0.4 is 4.74 Å². The Bertz CT molecular complexity index is 243. The van der Waals surface area contributed by atoms with Crippen molar-refractivity contribution in [2.24, 2.45) is 13.0 Å². The van der Waals surface area contributed by atoms with Crippen LogP contribution in [-0.4, -0.2) is 16.4 Å². The predicted octanol–water partition coefficient (Wildman–Crippen LogP) is 2.24. The molecular weight excluding hydrogens is 164 g/mol. The van der Waals surface area contributed by atoms with Crippen LogP contribution in [0.2, 0.25) is 0 Å². The molecule has 0 atom stereocenters. The van der Waals surface area contributed by atoms with Gasteiger partial charge in [0.1, 0.15) is 0 Å². The van der Waals surface area contributed by atoms with Crippen LogP contribution in [0.5, 0.6) is 5.75 Å². The molecule has 1 rings (SSSR count). The fourth-order valence-corrected chi connectivity index (χ4v) is 1.15. The minimum absolute atomic E-state index is 0.762. The molecule has 0 aliphatic carbocycles. The molecule has 0 fully saturated rings. The summed E-state index contributed by atoms with van der Waals surface area (Å²) in [7, 11) is 1.89. The van der Waals surface area contributed by atoms with Crippen molar-refractivity contribution in [1.29, 1.82) is 0 Å². The van der Waals surface area contributed by atoms with Gasteiger partial charge in [-0.2, -0.15) is 5.10 Å². The van der Waals surface area contributed by atoms with Gasteiger partial charge in [-0.1, -0.05) is 13.8 Å². The third-order valence-electron chi connectivity index (χ3n) is 1.88. The standard InChI is InChI=1S/C10H18N2O/c1-9(2)5-4-6-13-10-7-11-12(3)8-10/h7-9H,4-6H2,1-3H3. The van der Waals surface area contributed by atoms with E-state index in [0.29, 0.717) is 0 Å². The molecule has 1 heterocycles. The second-order valence-electron chi connectivity index (χ2n) is 3.73. The van der Waals surface area contributed by atoms with Gasteiger partial charge in [0.15, 0.2) is 5.75 Å². The maximum Gasteiger partial charge on any atom is 0.157 e. The third kappa shape index (κ3) is 3.97. The van der Waals surface area contributed by atoms with Gasteiger partial charge in [0, 0.05) is 7.05 Å². The van der Waals surface area contributed by atoms with Crippen molar-refractivity contribution in [2.75, 3.05) is 6.61 Å². The minimum atomic E-state index is 0.762. The van der Waals surface area contributed by atoms with Crippen LogP contribution in [0, 0.1) is 5.92 Å². The van der Waals surface area contributed by atoms with Crippen molar-refractivity contribution < 1.29 is 4.74 Å². The molecule has 3 heteroatoms. The first-order chi connectivity index (χ1) is 6.18. The maximum atomic E-state index is 5.49. The molecule has 0 aromatic carbocycles. The van der Waals surface area contributed by atoms with E-state index in [4.69, 9.17) is 4.74 Å². The quantitative estimate of drug-likeness (QED) is 0.653. The number of ether oxygens (including phenoxy) is 1. The highest BCUT2D eigenvalue weighted by molar-refractivity contribution is 5.10. The molecule has 0 saturated heterocycles. The summed E-state index contributed by atoms with van der Waals surface area (Å²) in [6.07, 6.45) is 5.97. The highest BCUT2D eigenvalue weighted by Crippen LogP contribution is 2.09. The molecule has 0 aliphatic rings. The van der Waals surface area contributed by atoms with Gasteiger partial charge in [0.25, 0.3) is 0 Å². The number of rotatable bonds is 5. The zero-order valence-electron chi connectivity index (χ0n) is 8.66. The number of hydrogen-bond donors (Lipinski definition) is 0. The van der Waals surface area contributed by atoms with E-state index in [9.17, 15) is 0 Å². The van der Waals surface area contributed by atoms with Crippen LogP contribution in [0.3, 0.4) is 0 Å². The average Bonchev–Trinajstić information content (AvgIpc) is 2.45. The average molecular weight is 182 g/mol. The van der Waals surface area contributed by atoms with Gasteiger partial charge >= 0.3 is 0 Å². The molecule has 0 aliphatic heterocycles. The molecule has 1 aromatic heterocycles. The fraction of sp³-hybridized carbons (Fsp3) is 0.700. The van der Waals surface area contributed by atoms with E-state index in [1.807, 2.05) is 13.2 Å². The molecule has 0 saturated carbocycles. The fourth-order valence-electron chi connectivity index (χ4n) is 1.15. The number of aromatic nitrogens is 2. The third-order valence-corrected chi connectivity index (χ3v) is 1.88. The Kier molecular flexibility index (Phi) is 3.80. The van der Waals surface area contributed by atoms with E-state index in [1.54, 1.807) is 10.9 Å². The normalized spacial score (nSPS) is 10.8. The lowest BCUT2D eigenvalue weighted by Crippen LogP contribution is -1.98. The molecule has 0 amide bonds. The highest BCUT2D eigenvalue weighted by atomic mass is 16.5. The number of aryl methyl sites for hydroxylation is 1. The summed E-state index contributed by atoms with van der Waals surface area (Å²) in [5.41, 5.74) is 0. The van der Waals surface area contributed by atoms with Crippen LogP contribution >= 0.6 is 0 Å². The lowest BCUT2D eigenvalue weighted by molar-refractivity contribution is 0.297. The molecule has 0 bridgehead atoms. The molecule has 3 nitrogen and oxygen atoms in total. The summed E-state index contributed by atoms with van der Waals surface area (Å²) in [4.78, 5) is 0. The molecule has 13 heavy (non-hydrogen) atoms. The van der Waals surface area contributed by atoms with E-state index < -0.39 is 0 Å². The molecule has 0 radical (unpaired) electrons. The number of nitrogens with zero attached hydrogens (tertiary/aromatic N) is 2. The SMILES string of the molecule is CC(C)CCCOc1cnn(C)c1. The maximum absolute atomic E-state index is 5.49. The Morgan fingerprint density at radius 3 is 2.85 bits per heavy atom. The summed E-state index contributed by atoms with van der Waals surface area (Å²) >= 11 is 0. The van der Waals surface area contributed by atoms with Crippen LogP contribution in [0.15, 0.2) is 12.4 Å². The van der Waals surface area contributed by atoms with Crippen molar-refractivity contribution in [3.05, 3.63) is 12.4 Å². The summed E-state index contributed by atoms with van der Waals surface area (Å²) in [6.45, 7) is 5.25. The van der Waals surface area contributed by atoms with Crippen LogP contribution in [0.25, 0.3) is 0 Å². The molecule has 0 spiro atoms. The lowest BCUT2D eigenvalue weighted by atomic mass is 10.1. The van der Waals surface area contributed by atoms with Crippen LogP contribution in [0.1, 0.15) is 26.7 Å². The predicted molar refractivity (Wildman–Crippen MR) is 52.8 cm³/mol. The summed E-state index contributed by atoms with van der Waals surface area (Å²) in [5, 5.41) is 4.02. The van der Waals surface area contributed by atoms with Gasteiger partial charge in [0.05, 0.1) is 19.0 Å². The van der Waals surface area contributed by atoms with Gasteiger partial charge in [-0.3, -0.25) is 4.68 Å². The summed E-state index contributed by atoms with van der Waals surface area (Å²) in [5.74, 6) is 1.63. The van der Waals surface area contributed by atoms with Crippen molar-refractivity contribution in [3.8, 4) is 5.75 Å². The second-order valence-corrected chi connectivity index (χ2v) is 3.73. The smallest absolute Gasteiger partial charge is 0.157 e. The molecule has 0 unspecified atom stereocenters. The van der Waals surface area contributed by atoms with E-state index in [2.05, 4.69) is 18.9 Å². The van der Waals surface area contributed by atoms with Gasteiger partial charge in [0.2, 0.25) is 0 Å². The first-order valence-electron chi connectivity index (χ1n) is 4.80. The summed E-state index contributed by atoms with van der Waals surface area (Å²) in [6, 6.07) is 0. The van der Waals surface area contributed by atoms with E-state index in [0.717, 1.165) is 24.7 Å². The van der Waals surface area contributed by atoms with Crippen LogP contribution in [-0.2, 0) is 7.05 Å². The number of hydrogen-bond acceptors (Lipinski definition) is 2. The van der Waals surface area contributed by atoms with E-state index in [-0.39, 0.29) is 0 Å². The Hall–Kier alpha value is -0.990. The van der Waals surface area contributed by atoms with Gasteiger partial charge in [-0.15, -0.1) is 0 Å². The van der Waals surface area contributed by atoms with Gasteiger partial charge in [-0.25, -0.2) is 0 Å². The van der Waals surface area contributed by atoms with Gasteiger partial charge < -0.3 is 4.74 Å². The first kappa shape index (κ1) is 10.1. The molecule has 0 N–H and O–H groups in total. The monoisotopic (exact) mass is 182 g/mol. The Labute approximate surface area is 79.7 Å². The molecule has 1 aromatic rings. The van der Waals surface area contributed by atoms with Gasteiger partial charge in [-0.05, 0) is 18.8 Å². The lowest BCUT2D eigenvalue weighted by Gasteiger charge is -2.04. The molecule has 74 valence electrons. The van der Waals surface area contributed by atoms with E-state index in [1.165, 1.54) is 6.42 Å². The van der Waals surface area contributed by atoms with Crippen LogP contribution in [0.4, 0.5) is 0 Å². The topological polar surface area (TPSA) is 27.1 Å². The van der Waals surface area contributed by atoms with E-state index >= 15 is 0 Å². The van der Waals surface area contributed by atoms with Crippen molar-refractivity contribution in [2.45, 2.75) is 26.7 Å². The molecular formula is C10H18N2O. The Balaban J connectivity index is 2.13. The zero-order valence-corrected chi connectivity index (χ0v) is 8.66. The van der Waals surface area contributed by atoms with Crippen molar-refractivity contribution in [1.82, 2.24) is 9.78 Å². The van der Waals surface area contributed by atoms with Crippen molar-refractivity contribution >= 4 is 0 Å². The first-order valence-corrected chi connectivity index (χ1v) is 4.80. The second kappa shape index (κ2) is 4.90. The highest BCUT2D eigenvalue weighted by Gasteiger charge is 1.97. The zero-order chi connectivity index (χ0) is 9.68. The Morgan fingerprint density at radius 1 is 1.54 bits per heavy atom. The largest absolute Gasteiger partial charge is 0.490 e.